The van der Waals surface area contributed by atoms with E-state index in [2.05, 4.69) is 5.32 Å². The highest BCUT2D eigenvalue weighted by Crippen LogP contribution is 2.31. The summed E-state index contributed by atoms with van der Waals surface area (Å²) in [6.07, 6.45) is 1.70. The van der Waals surface area contributed by atoms with Crippen LogP contribution in [0.4, 0.5) is 5.69 Å². The van der Waals surface area contributed by atoms with Crippen molar-refractivity contribution in [2.24, 2.45) is 0 Å². The zero-order valence-electron chi connectivity index (χ0n) is 17.8. The third-order valence-electron chi connectivity index (χ3n) is 5.53. The van der Waals surface area contributed by atoms with Crippen molar-refractivity contribution < 1.29 is 17.9 Å². The Balaban J connectivity index is 1.59. The first-order valence-electron chi connectivity index (χ1n) is 10.5. The number of benzene rings is 2. The molecule has 0 bridgehead atoms. The fraction of sp³-hybridized carbons (Fsp3) is 0.348. The monoisotopic (exact) mass is 441 g/mol. The van der Waals surface area contributed by atoms with Crippen molar-refractivity contribution in [3.8, 4) is 5.75 Å². The summed E-state index contributed by atoms with van der Waals surface area (Å²) in [6, 6.07) is 14.7. The number of para-hydroxylation sites is 1. The van der Waals surface area contributed by atoms with Crippen molar-refractivity contribution in [2.45, 2.75) is 38.1 Å². The van der Waals surface area contributed by atoms with Crippen LogP contribution in [0.2, 0.25) is 0 Å². The number of anilines is 1. The first-order valence-corrected chi connectivity index (χ1v) is 12.0. The molecule has 0 aliphatic carbocycles. The van der Waals surface area contributed by atoms with Gasteiger partial charge in [-0.3, -0.25) is 4.79 Å². The van der Waals surface area contributed by atoms with Gasteiger partial charge >= 0.3 is 0 Å². The van der Waals surface area contributed by atoms with Crippen LogP contribution in [0.5, 0.6) is 5.75 Å². The van der Waals surface area contributed by atoms with Crippen molar-refractivity contribution in [1.29, 1.82) is 0 Å². The molecule has 0 spiro atoms. The van der Waals surface area contributed by atoms with Gasteiger partial charge in [0, 0.05) is 30.0 Å². The van der Waals surface area contributed by atoms with Gasteiger partial charge in [-0.25, -0.2) is 8.42 Å². The second kappa shape index (κ2) is 8.72. The summed E-state index contributed by atoms with van der Waals surface area (Å²) in [5.74, 6) is 0.0813. The molecule has 164 valence electrons. The summed E-state index contributed by atoms with van der Waals surface area (Å²) in [6.45, 7) is 5.28. The van der Waals surface area contributed by atoms with Crippen LogP contribution >= 0.6 is 0 Å². The number of hydrogen-bond donors (Lipinski definition) is 1. The minimum atomic E-state index is -3.68. The average molecular weight is 442 g/mol. The SMILES string of the molecule is CCOc1ccc(NC(=O)Cn2c(C)cc3ccccc32)cc1S(=O)(=O)N1CCCC1. The van der Waals surface area contributed by atoms with Crippen LogP contribution in [0.25, 0.3) is 10.9 Å². The zero-order chi connectivity index (χ0) is 22.0. The summed E-state index contributed by atoms with van der Waals surface area (Å²) in [5, 5.41) is 3.92. The summed E-state index contributed by atoms with van der Waals surface area (Å²) >= 11 is 0. The fourth-order valence-electron chi connectivity index (χ4n) is 4.03. The lowest BCUT2D eigenvalue weighted by atomic mass is 10.2. The highest BCUT2D eigenvalue weighted by molar-refractivity contribution is 7.89. The number of carbonyl (C=O) groups excluding carboxylic acids is 1. The molecule has 2 aromatic carbocycles. The molecular weight excluding hydrogens is 414 g/mol. The minimum absolute atomic E-state index is 0.0941. The number of carbonyl (C=O) groups is 1. The van der Waals surface area contributed by atoms with E-state index in [1.807, 2.05) is 48.7 Å². The number of nitrogens with zero attached hydrogens (tertiary/aromatic N) is 2. The fourth-order valence-corrected chi connectivity index (χ4v) is 5.71. The first-order chi connectivity index (χ1) is 14.9. The molecule has 1 fully saturated rings. The average Bonchev–Trinajstić information content (AvgIpc) is 3.39. The Morgan fingerprint density at radius 3 is 2.58 bits per heavy atom. The first kappa shape index (κ1) is 21.4. The van der Waals surface area contributed by atoms with E-state index in [9.17, 15) is 13.2 Å². The smallest absolute Gasteiger partial charge is 0.246 e. The van der Waals surface area contributed by atoms with Crippen LogP contribution < -0.4 is 10.1 Å². The zero-order valence-corrected chi connectivity index (χ0v) is 18.6. The normalized spacial score (nSPS) is 14.8. The molecule has 3 aromatic rings. The van der Waals surface area contributed by atoms with Crippen LogP contribution in [0, 0.1) is 6.92 Å². The van der Waals surface area contributed by atoms with E-state index in [0.29, 0.717) is 31.1 Å². The van der Waals surface area contributed by atoms with E-state index in [1.165, 1.54) is 10.4 Å². The van der Waals surface area contributed by atoms with Gasteiger partial charge in [-0.15, -0.1) is 0 Å². The Morgan fingerprint density at radius 1 is 1.10 bits per heavy atom. The largest absolute Gasteiger partial charge is 0.492 e. The van der Waals surface area contributed by atoms with E-state index >= 15 is 0 Å². The number of hydrogen-bond acceptors (Lipinski definition) is 4. The van der Waals surface area contributed by atoms with Gasteiger partial charge in [0.15, 0.2) is 0 Å². The summed E-state index contributed by atoms with van der Waals surface area (Å²) in [4.78, 5) is 12.9. The maximum atomic E-state index is 13.1. The third-order valence-corrected chi connectivity index (χ3v) is 7.45. The summed E-state index contributed by atoms with van der Waals surface area (Å²) < 4.78 is 35.3. The lowest BCUT2D eigenvalue weighted by Crippen LogP contribution is -2.28. The van der Waals surface area contributed by atoms with Crippen molar-refractivity contribution in [3.05, 3.63) is 54.2 Å². The predicted octanol–water partition coefficient (Wildman–Crippen LogP) is 3.77. The molecule has 2 heterocycles. The van der Waals surface area contributed by atoms with E-state index in [1.54, 1.807) is 12.1 Å². The Morgan fingerprint density at radius 2 is 1.84 bits per heavy atom. The van der Waals surface area contributed by atoms with Gasteiger partial charge in [-0.2, -0.15) is 4.31 Å². The van der Waals surface area contributed by atoms with Crippen LogP contribution in [0.1, 0.15) is 25.5 Å². The number of sulfonamides is 1. The van der Waals surface area contributed by atoms with Gasteiger partial charge < -0.3 is 14.6 Å². The predicted molar refractivity (Wildman–Crippen MR) is 121 cm³/mol. The number of amides is 1. The molecule has 1 saturated heterocycles. The lowest BCUT2D eigenvalue weighted by molar-refractivity contribution is -0.116. The molecule has 1 amide bonds. The molecule has 31 heavy (non-hydrogen) atoms. The Kier molecular flexibility index (Phi) is 6.02. The van der Waals surface area contributed by atoms with Gasteiger partial charge in [0.1, 0.15) is 17.2 Å². The van der Waals surface area contributed by atoms with Gasteiger partial charge in [-0.1, -0.05) is 18.2 Å². The van der Waals surface area contributed by atoms with Gasteiger partial charge in [0.25, 0.3) is 0 Å². The molecule has 0 saturated carbocycles. The van der Waals surface area contributed by atoms with Crippen LogP contribution in [-0.2, 0) is 21.4 Å². The van der Waals surface area contributed by atoms with Crippen molar-refractivity contribution in [2.75, 3.05) is 25.0 Å². The molecule has 8 heteroatoms. The molecule has 1 aliphatic heterocycles. The Bertz CT molecular complexity index is 1210. The van der Waals surface area contributed by atoms with Crippen LogP contribution in [0.15, 0.2) is 53.4 Å². The third kappa shape index (κ3) is 4.31. The molecule has 0 unspecified atom stereocenters. The maximum Gasteiger partial charge on any atom is 0.246 e. The number of nitrogens with one attached hydrogen (secondary N) is 1. The topological polar surface area (TPSA) is 80.6 Å². The molecule has 7 nitrogen and oxygen atoms in total. The van der Waals surface area contributed by atoms with Gasteiger partial charge in [0.2, 0.25) is 15.9 Å². The Labute approximate surface area is 182 Å². The number of aromatic nitrogens is 1. The second-order valence-electron chi connectivity index (χ2n) is 7.68. The van der Waals surface area contributed by atoms with Crippen molar-refractivity contribution >= 4 is 32.5 Å². The molecule has 0 atom stereocenters. The molecule has 1 N–H and O–H groups in total. The van der Waals surface area contributed by atoms with E-state index in [0.717, 1.165) is 29.4 Å². The number of ether oxygens (including phenoxy) is 1. The second-order valence-corrected chi connectivity index (χ2v) is 9.59. The molecule has 0 radical (unpaired) electrons. The van der Waals surface area contributed by atoms with E-state index in [-0.39, 0.29) is 17.3 Å². The van der Waals surface area contributed by atoms with Crippen LogP contribution in [0.3, 0.4) is 0 Å². The number of fused-ring (bicyclic) bond motifs is 1. The highest BCUT2D eigenvalue weighted by atomic mass is 32.2. The van der Waals surface area contributed by atoms with Gasteiger partial charge in [-0.05, 0) is 62.4 Å². The summed E-state index contributed by atoms with van der Waals surface area (Å²) in [7, 11) is -3.68. The molecule has 1 aliphatic rings. The molecule has 4 rings (SSSR count). The lowest BCUT2D eigenvalue weighted by Gasteiger charge is -2.19. The van der Waals surface area contributed by atoms with Crippen molar-refractivity contribution in [3.63, 3.8) is 0 Å². The summed E-state index contributed by atoms with van der Waals surface area (Å²) in [5.41, 5.74) is 2.40. The van der Waals surface area contributed by atoms with Crippen LogP contribution in [-0.4, -0.2) is 42.9 Å². The standard InChI is InChI=1S/C23H27N3O4S/c1-3-30-21-11-10-19(15-22(21)31(28,29)25-12-6-7-13-25)24-23(27)16-26-17(2)14-18-8-4-5-9-20(18)26/h4-5,8-11,14-15H,3,6-7,12-13,16H2,1-2H3,(H,24,27). The van der Waals surface area contributed by atoms with E-state index in [4.69, 9.17) is 4.74 Å². The maximum absolute atomic E-state index is 13.1. The molecule has 1 aromatic heterocycles. The quantitative estimate of drug-likeness (QED) is 0.605. The van der Waals surface area contributed by atoms with E-state index < -0.39 is 10.0 Å². The molecular formula is C23H27N3O4S. The van der Waals surface area contributed by atoms with Gasteiger partial charge in [0.05, 0.1) is 6.61 Å². The van der Waals surface area contributed by atoms with Crippen molar-refractivity contribution in [1.82, 2.24) is 8.87 Å². The Hall–Kier alpha value is -2.84. The number of rotatable bonds is 7. The highest BCUT2D eigenvalue weighted by Gasteiger charge is 2.30. The number of aryl methyl sites for hydroxylation is 1. The minimum Gasteiger partial charge on any atom is -0.492 e.